The third-order valence-corrected chi connectivity index (χ3v) is 8.77. The Labute approximate surface area is 92.1 Å². The van der Waals surface area contributed by atoms with Crippen LogP contribution in [0.2, 0.25) is 10.5 Å². The van der Waals surface area contributed by atoms with Crippen molar-refractivity contribution in [2.45, 2.75) is 29.6 Å². The van der Waals surface area contributed by atoms with Crippen LogP contribution in [-0.4, -0.2) is 14.3 Å². The molecule has 0 heterocycles. The number of hydrogen-bond donors (Lipinski definition) is 0. The van der Waals surface area contributed by atoms with Gasteiger partial charge in [-0.05, 0) is 0 Å². The molecule has 0 aliphatic heterocycles. The van der Waals surface area contributed by atoms with Crippen molar-refractivity contribution in [3.8, 4) is 0 Å². The molecule has 0 spiro atoms. The first kappa shape index (κ1) is 11.6. The van der Waals surface area contributed by atoms with E-state index in [1.807, 2.05) is 6.08 Å². The van der Waals surface area contributed by atoms with Gasteiger partial charge in [0.2, 0.25) is 0 Å². The third-order valence-electron chi connectivity index (χ3n) is 2.67. The van der Waals surface area contributed by atoms with E-state index in [1.165, 1.54) is 26.9 Å². The zero-order valence-corrected chi connectivity index (χ0v) is 11.3. The molecule has 14 heavy (non-hydrogen) atoms. The van der Waals surface area contributed by atoms with Gasteiger partial charge >= 0.3 is 92.0 Å². The fraction of sp³-hybridized carbons (Fsp3) is 0.385. The second-order valence-electron chi connectivity index (χ2n) is 3.58. The second kappa shape index (κ2) is 6.07. The fourth-order valence-electron chi connectivity index (χ4n) is 1.56. The minimum atomic E-state index is -0.731. The third kappa shape index (κ3) is 3.34. The van der Waals surface area contributed by atoms with E-state index in [4.69, 9.17) is 0 Å². The molecule has 0 aliphatic carbocycles. The molecule has 0 aliphatic rings. The van der Waals surface area contributed by atoms with Gasteiger partial charge in [-0.3, -0.25) is 0 Å². The van der Waals surface area contributed by atoms with Gasteiger partial charge in [-0.1, -0.05) is 0 Å². The molecule has 0 unspecified atom stereocenters. The van der Waals surface area contributed by atoms with E-state index in [-0.39, 0.29) is 0 Å². The van der Waals surface area contributed by atoms with E-state index in [1.54, 1.807) is 0 Å². The van der Waals surface area contributed by atoms with E-state index < -0.39 is 14.3 Å². The quantitative estimate of drug-likeness (QED) is 0.692. The van der Waals surface area contributed by atoms with Crippen LogP contribution in [-0.2, 0) is 5.25 Å². The SMILES string of the molecule is C=Cc1ccc([CH2][Ge]([CH2]C)[CH2]C)cc1. The molecule has 0 nitrogen and oxygen atoms in total. The summed E-state index contributed by atoms with van der Waals surface area (Å²) in [5, 5.41) is 4.27. The summed E-state index contributed by atoms with van der Waals surface area (Å²) in [4.78, 5) is 0. The summed E-state index contributed by atoms with van der Waals surface area (Å²) in [5.41, 5.74) is 2.75. The van der Waals surface area contributed by atoms with Crippen LogP contribution >= 0.6 is 0 Å². The van der Waals surface area contributed by atoms with E-state index in [2.05, 4.69) is 44.7 Å². The van der Waals surface area contributed by atoms with E-state index in [9.17, 15) is 0 Å². The van der Waals surface area contributed by atoms with Crippen molar-refractivity contribution < 1.29 is 0 Å². The summed E-state index contributed by atoms with van der Waals surface area (Å²) >= 11 is -0.731. The van der Waals surface area contributed by atoms with Crippen molar-refractivity contribution in [2.24, 2.45) is 0 Å². The zero-order chi connectivity index (χ0) is 10.4. The fourth-order valence-corrected chi connectivity index (χ4v) is 5.36. The molecule has 1 radical (unpaired) electrons. The molecule has 0 N–H and O–H groups in total. The van der Waals surface area contributed by atoms with Gasteiger partial charge in [-0.2, -0.15) is 0 Å². The summed E-state index contributed by atoms with van der Waals surface area (Å²) in [6, 6.07) is 8.86. The van der Waals surface area contributed by atoms with Gasteiger partial charge in [0.05, 0.1) is 0 Å². The molecule has 1 aromatic rings. The summed E-state index contributed by atoms with van der Waals surface area (Å²) in [6.07, 6.45) is 1.90. The Morgan fingerprint density at radius 1 is 1.14 bits per heavy atom. The van der Waals surface area contributed by atoms with Gasteiger partial charge < -0.3 is 0 Å². The number of benzene rings is 1. The molecule has 0 saturated carbocycles. The maximum atomic E-state index is 3.76. The Kier molecular flexibility index (Phi) is 5.02. The van der Waals surface area contributed by atoms with Crippen molar-refractivity contribution in [1.29, 1.82) is 0 Å². The predicted octanol–water partition coefficient (Wildman–Crippen LogP) is 3.95. The first-order valence-electron chi connectivity index (χ1n) is 5.35. The summed E-state index contributed by atoms with van der Waals surface area (Å²) in [5.74, 6) is 0. The molecule has 1 aromatic carbocycles. The zero-order valence-electron chi connectivity index (χ0n) is 9.22. The monoisotopic (exact) mass is 249 g/mol. The van der Waals surface area contributed by atoms with Gasteiger partial charge in [-0.25, -0.2) is 0 Å². The van der Waals surface area contributed by atoms with Crippen LogP contribution in [0.15, 0.2) is 30.8 Å². The average Bonchev–Trinajstić information content (AvgIpc) is 2.26. The van der Waals surface area contributed by atoms with Gasteiger partial charge in [0, 0.05) is 0 Å². The molecular weight excluding hydrogens is 229 g/mol. The minimum absolute atomic E-state index is 0.731. The van der Waals surface area contributed by atoms with E-state index in [0.29, 0.717) is 0 Å². The summed E-state index contributed by atoms with van der Waals surface area (Å²) in [6.45, 7) is 8.45. The number of rotatable bonds is 5. The summed E-state index contributed by atoms with van der Waals surface area (Å²) < 4.78 is 0. The Hall–Kier alpha value is -0.497. The molecule has 0 fully saturated rings. The van der Waals surface area contributed by atoms with Crippen LogP contribution < -0.4 is 0 Å². The first-order valence-corrected chi connectivity index (χ1v) is 9.80. The van der Waals surface area contributed by atoms with Crippen LogP contribution in [0.4, 0.5) is 0 Å². The molecule has 0 bridgehead atoms. The standard InChI is InChI=1S/C13H19Ge/c1-4-12-7-9-13(10-8-12)11-14(5-2)6-3/h4,7-10H,1,5-6,11H2,2-3H3. The second-order valence-corrected chi connectivity index (χ2v) is 10.4. The van der Waals surface area contributed by atoms with Crippen molar-refractivity contribution in [3.63, 3.8) is 0 Å². The molecule has 0 amide bonds. The van der Waals surface area contributed by atoms with Gasteiger partial charge in [0.15, 0.2) is 0 Å². The number of hydrogen-bond acceptors (Lipinski definition) is 0. The van der Waals surface area contributed by atoms with Crippen LogP contribution in [0.5, 0.6) is 0 Å². The first-order chi connectivity index (χ1) is 6.80. The normalized spacial score (nSPS) is 10.5. The van der Waals surface area contributed by atoms with Crippen LogP contribution in [0, 0.1) is 0 Å². The van der Waals surface area contributed by atoms with Gasteiger partial charge in [-0.15, -0.1) is 0 Å². The maximum absolute atomic E-state index is 3.76. The Morgan fingerprint density at radius 3 is 2.14 bits per heavy atom. The molecule has 1 heteroatoms. The van der Waals surface area contributed by atoms with E-state index >= 15 is 0 Å². The van der Waals surface area contributed by atoms with E-state index in [0.717, 1.165) is 0 Å². The molecule has 0 atom stereocenters. The van der Waals surface area contributed by atoms with Crippen LogP contribution in [0.25, 0.3) is 6.08 Å². The molecule has 0 aromatic heterocycles. The van der Waals surface area contributed by atoms with Crippen LogP contribution in [0.3, 0.4) is 0 Å². The van der Waals surface area contributed by atoms with Crippen molar-refractivity contribution in [1.82, 2.24) is 0 Å². The topological polar surface area (TPSA) is 0 Å². The average molecular weight is 248 g/mol. The molecule has 75 valence electrons. The van der Waals surface area contributed by atoms with Crippen molar-refractivity contribution in [3.05, 3.63) is 42.0 Å². The van der Waals surface area contributed by atoms with Gasteiger partial charge in [0.25, 0.3) is 0 Å². The Bertz CT molecular complexity index is 270. The summed E-state index contributed by atoms with van der Waals surface area (Å²) in [7, 11) is 0. The van der Waals surface area contributed by atoms with Gasteiger partial charge in [0.1, 0.15) is 0 Å². The van der Waals surface area contributed by atoms with Crippen molar-refractivity contribution in [2.75, 3.05) is 0 Å². The van der Waals surface area contributed by atoms with Crippen molar-refractivity contribution >= 4 is 20.4 Å². The molecular formula is C13H19Ge. The Morgan fingerprint density at radius 2 is 1.71 bits per heavy atom. The molecule has 1 rings (SSSR count). The molecule has 0 saturated heterocycles. The Balaban J connectivity index is 2.63. The predicted molar refractivity (Wildman–Crippen MR) is 67.0 cm³/mol. The van der Waals surface area contributed by atoms with Crippen LogP contribution in [0.1, 0.15) is 25.0 Å².